The van der Waals surface area contributed by atoms with Gasteiger partial charge in [0.1, 0.15) is 0 Å². The van der Waals surface area contributed by atoms with E-state index in [-0.39, 0.29) is 0 Å². The fourth-order valence-electron chi connectivity index (χ4n) is 1.33. The Morgan fingerprint density at radius 1 is 1.33 bits per heavy atom. The van der Waals surface area contributed by atoms with Crippen LogP contribution in [0.2, 0.25) is 0 Å². The molecule has 0 saturated heterocycles. The smallest absolute Gasteiger partial charge is 0.234 e. The predicted molar refractivity (Wildman–Crippen MR) is 62.5 cm³/mol. The molecule has 0 fully saturated rings. The van der Waals surface area contributed by atoms with Crippen LogP contribution in [0.15, 0.2) is 30.3 Å². The zero-order valence-electron chi connectivity index (χ0n) is 8.93. The van der Waals surface area contributed by atoms with Crippen LogP contribution in [-0.2, 0) is 17.8 Å². The molecule has 1 aromatic rings. The number of hydrogen-bond donors (Lipinski definition) is 1. The van der Waals surface area contributed by atoms with Crippen LogP contribution in [0.4, 0.5) is 0 Å². The number of nitrogens with zero attached hydrogens (tertiary/aromatic N) is 1. The van der Waals surface area contributed by atoms with Gasteiger partial charge in [-0.25, -0.2) is 4.21 Å². The summed E-state index contributed by atoms with van der Waals surface area (Å²) in [6.07, 6.45) is 1.97. The molecule has 0 aliphatic heterocycles. The monoisotopic (exact) mass is 227 g/mol. The first-order valence-electron chi connectivity index (χ1n) is 5.14. The topological polar surface area (TPSA) is 40.5 Å². The van der Waals surface area contributed by atoms with Crippen molar-refractivity contribution in [3.8, 4) is 0 Å². The van der Waals surface area contributed by atoms with E-state index < -0.39 is 11.3 Å². The molecule has 1 atom stereocenters. The van der Waals surface area contributed by atoms with Gasteiger partial charge in [-0.3, -0.25) is 4.55 Å². The Bertz CT molecular complexity index is 303. The van der Waals surface area contributed by atoms with Gasteiger partial charge in [0.05, 0.1) is 0 Å². The Labute approximate surface area is 93.5 Å². The summed E-state index contributed by atoms with van der Waals surface area (Å²) >= 11 is -1.87. The van der Waals surface area contributed by atoms with Crippen LogP contribution >= 0.6 is 0 Å². The third-order valence-corrected chi connectivity index (χ3v) is 2.94. The molecule has 0 heterocycles. The van der Waals surface area contributed by atoms with Crippen LogP contribution in [0.3, 0.4) is 0 Å². The highest BCUT2D eigenvalue weighted by molar-refractivity contribution is 7.76. The minimum atomic E-state index is -1.87. The second-order valence-electron chi connectivity index (χ2n) is 3.43. The van der Waals surface area contributed by atoms with Crippen molar-refractivity contribution in [1.29, 1.82) is 0 Å². The van der Waals surface area contributed by atoms with Crippen LogP contribution in [0.1, 0.15) is 25.3 Å². The molecule has 4 heteroatoms. The first kappa shape index (κ1) is 12.4. The Balaban J connectivity index is 2.55. The molecule has 0 aliphatic rings. The van der Waals surface area contributed by atoms with Crippen LogP contribution < -0.4 is 0 Å². The molecule has 0 aliphatic carbocycles. The van der Waals surface area contributed by atoms with Crippen molar-refractivity contribution in [3.05, 3.63) is 35.9 Å². The van der Waals surface area contributed by atoms with Crippen molar-refractivity contribution in [1.82, 2.24) is 4.31 Å². The Hall–Kier alpha value is -0.710. The molecule has 0 aromatic heterocycles. The molecule has 1 unspecified atom stereocenters. The first-order valence-corrected chi connectivity index (χ1v) is 6.20. The van der Waals surface area contributed by atoms with Crippen LogP contribution in [-0.4, -0.2) is 19.6 Å². The first-order chi connectivity index (χ1) is 7.24. The SMILES string of the molecule is CCCCN(Cc1ccccc1)S(=O)O. The summed E-state index contributed by atoms with van der Waals surface area (Å²) in [6, 6.07) is 9.74. The molecule has 0 saturated carbocycles. The van der Waals surface area contributed by atoms with Crippen molar-refractivity contribution in [3.63, 3.8) is 0 Å². The minimum absolute atomic E-state index is 0.532. The van der Waals surface area contributed by atoms with Crippen molar-refractivity contribution < 1.29 is 8.76 Å². The molecular weight excluding hydrogens is 210 g/mol. The fraction of sp³-hybridized carbons (Fsp3) is 0.455. The van der Waals surface area contributed by atoms with E-state index in [4.69, 9.17) is 4.55 Å². The van der Waals surface area contributed by atoms with Gasteiger partial charge in [0.15, 0.2) is 0 Å². The van der Waals surface area contributed by atoms with E-state index in [2.05, 4.69) is 6.92 Å². The van der Waals surface area contributed by atoms with Crippen LogP contribution in [0.25, 0.3) is 0 Å². The minimum Gasteiger partial charge on any atom is -0.294 e. The maximum absolute atomic E-state index is 11.0. The summed E-state index contributed by atoms with van der Waals surface area (Å²) in [4.78, 5) is 0. The van der Waals surface area contributed by atoms with E-state index in [0.717, 1.165) is 18.4 Å². The van der Waals surface area contributed by atoms with Gasteiger partial charge < -0.3 is 0 Å². The van der Waals surface area contributed by atoms with Gasteiger partial charge in [-0.15, -0.1) is 0 Å². The molecule has 1 aromatic carbocycles. The summed E-state index contributed by atoms with van der Waals surface area (Å²) in [5.74, 6) is 0. The number of unbranched alkanes of at least 4 members (excludes halogenated alkanes) is 1. The molecule has 0 spiro atoms. The summed E-state index contributed by atoms with van der Waals surface area (Å²) in [7, 11) is 0. The summed E-state index contributed by atoms with van der Waals surface area (Å²) in [5, 5.41) is 0. The number of rotatable bonds is 6. The molecule has 1 rings (SSSR count). The highest BCUT2D eigenvalue weighted by Gasteiger charge is 2.10. The maximum atomic E-state index is 11.0. The third-order valence-electron chi connectivity index (χ3n) is 2.18. The predicted octanol–water partition coefficient (Wildman–Crippen LogP) is 2.43. The largest absolute Gasteiger partial charge is 0.294 e. The highest BCUT2D eigenvalue weighted by atomic mass is 32.2. The molecule has 0 radical (unpaired) electrons. The van der Waals surface area contributed by atoms with Crippen molar-refractivity contribution >= 4 is 11.3 Å². The molecule has 3 nitrogen and oxygen atoms in total. The van der Waals surface area contributed by atoms with Crippen molar-refractivity contribution in [2.45, 2.75) is 26.3 Å². The molecule has 84 valence electrons. The van der Waals surface area contributed by atoms with E-state index in [1.54, 1.807) is 4.31 Å². The molecule has 0 amide bonds. The normalized spacial score (nSPS) is 13.0. The summed E-state index contributed by atoms with van der Waals surface area (Å²) in [6.45, 7) is 3.26. The van der Waals surface area contributed by atoms with E-state index in [1.165, 1.54) is 0 Å². The highest BCUT2D eigenvalue weighted by Crippen LogP contribution is 2.07. The zero-order chi connectivity index (χ0) is 11.1. The van der Waals surface area contributed by atoms with Crippen molar-refractivity contribution in [2.75, 3.05) is 6.54 Å². The van der Waals surface area contributed by atoms with Gasteiger partial charge in [0.25, 0.3) is 0 Å². The lowest BCUT2D eigenvalue weighted by atomic mass is 10.2. The number of benzene rings is 1. The molecule has 15 heavy (non-hydrogen) atoms. The lowest BCUT2D eigenvalue weighted by Gasteiger charge is -2.16. The second-order valence-corrected chi connectivity index (χ2v) is 4.41. The fourth-order valence-corrected chi connectivity index (χ4v) is 1.88. The van der Waals surface area contributed by atoms with E-state index in [1.807, 2.05) is 30.3 Å². The molecule has 1 N–H and O–H groups in total. The number of hydrogen-bond acceptors (Lipinski definition) is 1. The van der Waals surface area contributed by atoms with Crippen LogP contribution in [0.5, 0.6) is 0 Å². The maximum Gasteiger partial charge on any atom is 0.234 e. The van der Waals surface area contributed by atoms with Crippen LogP contribution in [0, 0.1) is 0 Å². The van der Waals surface area contributed by atoms with Gasteiger partial charge in [-0.1, -0.05) is 43.7 Å². The quantitative estimate of drug-likeness (QED) is 0.758. The Morgan fingerprint density at radius 3 is 2.53 bits per heavy atom. The van der Waals surface area contributed by atoms with Gasteiger partial charge in [-0.05, 0) is 12.0 Å². The molecular formula is C11H17NO2S. The third kappa shape index (κ3) is 4.55. The Morgan fingerprint density at radius 2 is 2.00 bits per heavy atom. The Kier molecular flexibility index (Phi) is 5.53. The summed E-state index contributed by atoms with van der Waals surface area (Å²) < 4.78 is 21.7. The van der Waals surface area contributed by atoms with Gasteiger partial charge in [0, 0.05) is 13.1 Å². The second kappa shape index (κ2) is 6.71. The zero-order valence-corrected chi connectivity index (χ0v) is 9.74. The van der Waals surface area contributed by atoms with Gasteiger partial charge in [0.2, 0.25) is 11.3 Å². The van der Waals surface area contributed by atoms with E-state index in [9.17, 15) is 4.21 Å². The standard InChI is InChI=1S/C11H17NO2S/c1-2-3-9-12(15(13)14)10-11-7-5-4-6-8-11/h4-8H,2-3,9-10H2,1H3,(H,13,14). The van der Waals surface area contributed by atoms with Gasteiger partial charge in [-0.2, -0.15) is 4.31 Å². The van der Waals surface area contributed by atoms with E-state index >= 15 is 0 Å². The lowest BCUT2D eigenvalue weighted by Crippen LogP contribution is -2.26. The van der Waals surface area contributed by atoms with Gasteiger partial charge >= 0.3 is 0 Å². The lowest BCUT2D eigenvalue weighted by molar-refractivity contribution is 0.385. The average Bonchev–Trinajstić information content (AvgIpc) is 2.25. The van der Waals surface area contributed by atoms with Crippen molar-refractivity contribution in [2.24, 2.45) is 0 Å². The van der Waals surface area contributed by atoms with E-state index in [0.29, 0.717) is 13.1 Å². The summed E-state index contributed by atoms with van der Waals surface area (Å²) in [5.41, 5.74) is 1.07. The average molecular weight is 227 g/mol. The molecule has 0 bridgehead atoms.